The normalized spacial score (nSPS) is 18.5. The van der Waals surface area contributed by atoms with E-state index in [9.17, 15) is 18.0 Å². The van der Waals surface area contributed by atoms with Crippen LogP contribution in [-0.2, 0) is 10.2 Å². The first-order valence-electron chi connectivity index (χ1n) is 8.80. The van der Waals surface area contributed by atoms with Gasteiger partial charge in [-0.25, -0.2) is 0 Å². The summed E-state index contributed by atoms with van der Waals surface area (Å²) >= 11 is 9.34. The van der Waals surface area contributed by atoms with Gasteiger partial charge >= 0.3 is 6.36 Å². The fourth-order valence-corrected chi connectivity index (χ4v) is 4.67. The van der Waals surface area contributed by atoms with Crippen molar-refractivity contribution in [1.29, 1.82) is 0 Å². The van der Waals surface area contributed by atoms with Crippen molar-refractivity contribution in [3.63, 3.8) is 0 Å². The minimum atomic E-state index is -4.78. The third-order valence-electron chi connectivity index (χ3n) is 5.48. The predicted octanol–water partition coefficient (Wildman–Crippen LogP) is 6.14. The van der Waals surface area contributed by atoms with Crippen LogP contribution in [0.4, 0.5) is 18.9 Å². The molecule has 1 aliphatic heterocycles. The lowest BCUT2D eigenvalue weighted by molar-refractivity contribution is -0.274. The largest absolute Gasteiger partial charge is 0.573 e. The maximum atomic E-state index is 13.2. The summed E-state index contributed by atoms with van der Waals surface area (Å²) in [6, 6.07) is 11.2. The average Bonchev–Trinajstić information content (AvgIpc) is 2.95. The van der Waals surface area contributed by atoms with Crippen molar-refractivity contribution in [2.24, 2.45) is 0 Å². The first-order valence-corrected chi connectivity index (χ1v) is 10.1. The second kappa shape index (κ2) is 6.95. The van der Waals surface area contributed by atoms with Crippen molar-refractivity contribution in [2.75, 3.05) is 11.4 Å². The molecular weight excluding hydrogens is 459 g/mol. The highest BCUT2D eigenvalue weighted by molar-refractivity contribution is 9.09. The maximum Gasteiger partial charge on any atom is 0.573 e. The molecule has 3 nitrogen and oxygen atoms in total. The zero-order chi connectivity index (χ0) is 20.1. The Balaban J connectivity index is 1.67. The van der Waals surface area contributed by atoms with Crippen molar-refractivity contribution in [1.82, 2.24) is 0 Å². The van der Waals surface area contributed by atoms with Gasteiger partial charge in [-0.2, -0.15) is 0 Å². The molecule has 1 heterocycles. The molecule has 2 aromatic carbocycles. The van der Waals surface area contributed by atoms with E-state index in [2.05, 4.69) is 20.7 Å². The van der Waals surface area contributed by atoms with Gasteiger partial charge in [0.05, 0.1) is 5.69 Å². The predicted molar refractivity (Wildman–Crippen MR) is 104 cm³/mol. The van der Waals surface area contributed by atoms with Gasteiger partial charge in [0.1, 0.15) is 10.6 Å². The SMILES string of the molecule is O=C(C(Br)c1ccc(Cl)cc1)N1CC2(CCC2)c2ccc(OC(F)(F)F)cc21. The third kappa shape index (κ3) is 3.50. The number of anilines is 1. The Labute approximate surface area is 173 Å². The summed E-state index contributed by atoms with van der Waals surface area (Å²) in [5.74, 6) is -0.547. The number of carbonyl (C=O) groups is 1. The smallest absolute Gasteiger partial charge is 0.406 e. The number of hydrogen-bond acceptors (Lipinski definition) is 2. The molecule has 1 unspecified atom stereocenters. The van der Waals surface area contributed by atoms with Crippen molar-refractivity contribution < 1.29 is 22.7 Å². The second-order valence-corrected chi connectivity index (χ2v) is 8.55. The highest BCUT2D eigenvalue weighted by Gasteiger charge is 2.49. The summed E-state index contributed by atoms with van der Waals surface area (Å²) in [4.78, 5) is 14.2. The van der Waals surface area contributed by atoms with Crippen LogP contribution in [0, 0.1) is 0 Å². The second-order valence-electron chi connectivity index (χ2n) is 7.20. The highest BCUT2D eigenvalue weighted by Crippen LogP contribution is 2.54. The van der Waals surface area contributed by atoms with E-state index in [1.165, 1.54) is 12.1 Å². The molecule has 8 heteroatoms. The lowest BCUT2D eigenvalue weighted by Crippen LogP contribution is -2.42. The van der Waals surface area contributed by atoms with Gasteiger partial charge in [-0.1, -0.05) is 52.2 Å². The summed E-state index contributed by atoms with van der Waals surface area (Å²) in [6.07, 6.45) is -1.91. The number of alkyl halides is 4. The van der Waals surface area contributed by atoms with Crippen LogP contribution in [-0.4, -0.2) is 18.8 Å². The Bertz CT molecular complexity index is 913. The van der Waals surface area contributed by atoms with Crippen molar-refractivity contribution in [3.05, 3.63) is 58.6 Å². The maximum absolute atomic E-state index is 13.2. The van der Waals surface area contributed by atoms with Crippen LogP contribution < -0.4 is 9.64 Å². The van der Waals surface area contributed by atoms with Gasteiger partial charge in [-0.05, 0) is 42.2 Å². The summed E-state index contributed by atoms with van der Waals surface area (Å²) in [7, 11) is 0. The molecule has 1 spiro atoms. The molecule has 0 radical (unpaired) electrons. The Hall–Kier alpha value is -1.73. The monoisotopic (exact) mass is 473 g/mol. The molecule has 2 aliphatic rings. The van der Waals surface area contributed by atoms with Crippen LogP contribution in [0.15, 0.2) is 42.5 Å². The van der Waals surface area contributed by atoms with E-state index >= 15 is 0 Å². The van der Waals surface area contributed by atoms with Crippen LogP contribution in [0.25, 0.3) is 0 Å². The Morgan fingerprint density at radius 1 is 1.18 bits per heavy atom. The molecule has 0 aromatic heterocycles. The number of amides is 1. The summed E-state index contributed by atoms with van der Waals surface area (Å²) < 4.78 is 42.0. The van der Waals surface area contributed by atoms with Gasteiger partial charge in [0, 0.05) is 23.0 Å². The van der Waals surface area contributed by atoms with Crippen LogP contribution in [0.3, 0.4) is 0 Å². The molecule has 4 rings (SSSR count). The molecule has 148 valence electrons. The molecule has 1 saturated carbocycles. The zero-order valence-corrected chi connectivity index (χ0v) is 16.9. The van der Waals surface area contributed by atoms with Crippen LogP contribution >= 0.6 is 27.5 Å². The van der Waals surface area contributed by atoms with Gasteiger partial charge in [0.25, 0.3) is 0 Å². The van der Waals surface area contributed by atoms with E-state index in [0.717, 1.165) is 30.4 Å². The van der Waals surface area contributed by atoms with E-state index in [1.54, 1.807) is 35.2 Å². The molecule has 2 aromatic rings. The van der Waals surface area contributed by atoms with Crippen molar-refractivity contribution in [2.45, 2.75) is 35.9 Å². The first kappa shape index (κ1) is 19.6. The molecule has 1 atom stereocenters. The topological polar surface area (TPSA) is 29.5 Å². The van der Waals surface area contributed by atoms with Gasteiger partial charge in [-0.15, -0.1) is 13.2 Å². The summed E-state index contributed by atoms with van der Waals surface area (Å²) in [5, 5.41) is 0.560. The summed E-state index contributed by atoms with van der Waals surface area (Å²) in [5.41, 5.74) is 1.96. The lowest BCUT2D eigenvalue weighted by atomic mass is 9.66. The number of fused-ring (bicyclic) bond motifs is 2. The number of halogens is 5. The number of hydrogen-bond donors (Lipinski definition) is 0. The van der Waals surface area contributed by atoms with E-state index in [1.807, 2.05) is 0 Å². The minimum Gasteiger partial charge on any atom is -0.406 e. The molecular formula is C20H16BrClF3NO2. The van der Waals surface area contributed by atoms with E-state index in [4.69, 9.17) is 11.6 Å². The lowest BCUT2D eigenvalue weighted by Gasteiger charge is -2.39. The van der Waals surface area contributed by atoms with E-state index < -0.39 is 11.2 Å². The number of ether oxygens (including phenoxy) is 1. The quantitative estimate of drug-likeness (QED) is 0.500. The number of rotatable bonds is 3. The third-order valence-corrected chi connectivity index (χ3v) is 6.65. The Morgan fingerprint density at radius 3 is 2.43 bits per heavy atom. The van der Waals surface area contributed by atoms with Crippen LogP contribution in [0.2, 0.25) is 5.02 Å². The number of benzene rings is 2. The minimum absolute atomic E-state index is 0.172. The number of nitrogens with zero attached hydrogens (tertiary/aromatic N) is 1. The zero-order valence-electron chi connectivity index (χ0n) is 14.6. The summed E-state index contributed by atoms with van der Waals surface area (Å²) in [6.45, 7) is 0.465. The molecule has 0 bridgehead atoms. The van der Waals surface area contributed by atoms with Crippen LogP contribution in [0.1, 0.15) is 35.2 Å². The highest BCUT2D eigenvalue weighted by atomic mass is 79.9. The molecule has 1 fully saturated rings. The molecule has 1 aliphatic carbocycles. The van der Waals surface area contributed by atoms with Gasteiger partial charge in [-0.3, -0.25) is 4.79 Å². The van der Waals surface area contributed by atoms with Gasteiger partial charge < -0.3 is 9.64 Å². The van der Waals surface area contributed by atoms with Gasteiger partial charge in [0.2, 0.25) is 5.91 Å². The Kier molecular flexibility index (Phi) is 4.86. The standard InChI is InChI=1S/C20H16BrClF3NO2/c21-17(12-2-4-13(22)5-3-12)18(27)26-11-19(8-1-9-19)15-7-6-14(10-16(15)26)28-20(23,24)25/h2-7,10,17H,1,8-9,11H2. The molecule has 1 amide bonds. The van der Waals surface area contributed by atoms with Gasteiger partial charge in [0.15, 0.2) is 0 Å². The first-order chi connectivity index (χ1) is 13.2. The van der Waals surface area contributed by atoms with Crippen molar-refractivity contribution >= 4 is 39.1 Å². The molecule has 28 heavy (non-hydrogen) atoms. The average molecular weight is 475 g/mol. The fraction of sp³-hybridized carbons (Fsp3) is 0.350. The number of carbonyl (C=O) groups excluding carboxylic acids is 1. The van der Waals surface area contributed by atoms with Crippen molar-refractivity contribution in [3.8, 4) is 5.75 Å². The van der Waals surface area contributed by atoms with E-state index in [-0.39, 0.29) is 17.1 Å². The molecule has 0 N–H and O–H groups in total. The Morgan fingerprint density at radius 2 is 1.86 bits per heavy atom. The fourth-order valence-electron chi connectivity index (χ4n) is 3.99. The van der Waals surface area contributed by atoms with E-state index in [0.29, 0.717) is 17.3 Å². The van der Waals surface area contributed by atoms with Crippen LogP contribution in [0.5, 0.6) is 5.75 Å². The molecule has 0 saturated heterocycles.